The number of nitriles is 1. The molecule has 1 rings (SSSR count). The Morgan fingerprint density at radius 3 is 3.06 bits per heavy atom. The van der Waals surface area contributed by atoms with Gasteiger partial charge in [0.25, 0.3) is 0 Å². The van der Waals surface area contributed by atoms with E-state index in [0.717, 1.165) is 32.8 Å². The molecule has 1 aliphatic rings. The maximum absolute atomic E-state index is 8.99. The Kier molecular flexibility index (Phi) is 6.39. The monoisotopic (exact) mass is 225 g/mol. The van der Waals surface area contributed by atoms with Crippen LogP contribution in [0.4, 0.5) is 0 Å². The van der Waals surface area contributed by atoms with Gasteiger partial charge in [-0.15, -0.1) is 0 Å². The molecule has 1 aliphatic heterocycles. The largest absolute Gasteiger partial charge is 0.384 e. The molecule has 16 heavy (non-hydrogen) atoms. The molecule has 0 aromatic heterocycles. The molecule has 92 valence electrons. The first kappa shape index (κ1) is 13.4. The van der Waals surface area contributed by atoms with E-state index in [0.29, 0.717) is 5.92 Å². The van der Waals surface area contributed by atoms with Crippen LogP contribution in [0, 0.1) is 17.2 Å². The Morgan fingerprint density at radius 1 is 1.62 bits per heavy atom. The lowest BCUT2D eigenvalue weighted by molar-refractivity contribution is 0.0885. The fourth-order valence-corrected chi connectivity index (χ4v) is 2.34. The lowest BCUT2D eigenvalue weighted by Crippen LogP contribution is -2.45. The van der Waals surface area contributed by atoms with Gasteiger partial charge in [-0.25, -0.2) is 0 Å². The molecule has 1 heterocycles. The summed E-state index contributed by atoms with van der Waals surface area (Å²) < 4.78 is 5.20. The standard InChI is InChI=1S/C12H23N3O/c1-3-14-12(7-13)9-15-6-4-5-11(8-15)10-16-2/h11-12,14H,3-6,8-10H2,1-2H3. The number of hydrogen-bond donors (Lipinski definition) is 1. The highest BCUT2D eigenvalue weighted by Gasteiger charge is 2.21. The molecule has 0 aliphatic carbocycles. The molecule has 1 N–H and O–H groups in total. The number of piperidine rings is 1. The molecule has 2 unspecified atom stereocenters. The minimum absolute atomic E-state index is 0.0358. The molecular weight excluding hydrogens is 202 g/mol. The van der Waals surface area contributed by atoms with Gasteiger partial charge in [0.15, 0.2) is 0 Å². The van der Waals surface area contributed by atoms with E-state index in [9.17, 15) is 0 Å². The van der Waals surface area contributed by atoms with Gasteiger partial charge in [0, 0.05) is 20.2 Å². The van der Waals surface area contributed by atoms with Gasteiger partial charge in [-0.05, 0) is 31.8 Å². The quantitative estimate of drug-likeness (QED) is 0.728. The van der Waals surface area contributed by atoms with Crippen LogP contribution in [0.1, 0.15) is 19.8 Å². The van der Waals surface area contributed by atoms with Crippen LogP contribution < -0.4 is 5.32 Å². The van der Waals surface area contributed by atoms with Crippen molar-refractivity contribution in [1.29, 1.82) is 5.26 Å². The van der Waals surface area contributed by atoms with E-state index in [4.69, 9.17) is 10.00 Å². The topological polar surface area (TPSA) is 48.3 Å². The number of nitrogens with one attached hydrogen (secondary N) is 1. The second kappa shape index (κ2) is 7.61. The van der Waals surface area contributed by atoms with Gasteiger partial charge in [0.2, 0.25) is 0 Å². The van der Waals surface area contributed by atoms with Crippen LogP contribution in [0.5, 0.6) is 0 Å². The molecule has 2 atom stereocenters. The molecule has 4 heteroatoms. The first-order valence-corrected chi connectivity index (χ1v) is 6.14. The molecule has 0 aromatic carbocycles. The average molecular weight is 225 g/mol. The molecular formula is C12H23N3O. The van der Waals surface area contributed by atoms with Crippen molar-refractivity contribution in [3.8, 4) is 6.07 Å². The van der Waals surface area contributed by atoms with Crippen LogP contribution in [0.2, 0.25) is 0 Å². The molecule has 0 aromatic rings. The molecule has 0 amide bonds. The third-order valence-electron chi connectivity index (χ3n) is 3.05. The van der Waals surface area contributed by atoms with Gasteiger partial charge in [0.05, 0.1) is 12.7 Å². The zero-order valence-corrected chi connectivity index (χ0v) is 10.4. The van der Waals surface area contributed by atoms with Crippen molar-refractivity contribution in [2.75, 3.05) is 39.9 Å². The average Bonchev–Trinajstić information content (AvgIpc) is 2.29. The highest BCUT2D eigenvalue weighted by atomic mass is 16.5. The zero-order valence-electron chi connectivity index (χ0n) is 10.4. The summed E-state index contributed by atoms with van der Waals surface area (Å²) in [6.45, 7) is 6.75. The van der Waals surface area contributed by atoms with Crippen molar-refractivity contribution >= 4 is 0 Å². The maximum atomic E-state index is 8.99. The van der Waals surface area contributed by atoms with Crippen LogP contribution in [0.3, 0.4) is 0 Å². The van der Waals surface area contributed by atoms with Gasteiger partial charge >= 0.3 is 0 Å². The molecule has 0 saturated carbocycles. The Hall–Kier alpha value is -0.630. The minimum atomic E-state index is -0.0358. The van der Waals surface area contributed by atoms with Crippen LogP contribution in [-0.2, 0) is 4.74 Å². The lowest BCUT2D eigenvalue weighted by Gasteiger charge is -2.33. The molecule has 1 saturated heterocycles. The minimum Gasteiger partial charge on any atom is -0.384 e. The van der Waals surface area contributed by atoms with Gasteiger partial charge in [0.1, 0.15) is 6.04 Å². The Morgan fingerprint density at radius 2 is 2.44 bits per heavy atom. The Bertz CT molecular complexity index is 225. The third kappa shape index (κ3) is 4.48. The van der Waals surface area contributed by atoms with Crippen LogP contribution >= 0.6 is 0 Å². The van der Waals surface area contributed by atoms with Gasteiger partial charge in [-0.1, -0.05) is 6.92 Å². The van der Waals surface area contributed by atoms with E-state index in [1.807, 2.05) is 6.92 Å². The normalized spacial score (nSPS) is 23.9. The number of likely N-dealkylation sites (tertiary alicyclic amines) is 1. The van der Waals surface area contributed by atoms with Gasteiger partial charge < -0.3 is 15.0 Å². The predicted octanol–water partition coefficient (Wildman–Crippen LogP) is 0.846. The number of methoxy groups -OCH3 is 1. The molecule has 0 radical (unpaired) electrons. The second-order valence-electron chi connectivity index (χ2n) is 4.46. The number of likely N-dealkylation sites (N-methyl/N-ethyl adjacent to an activating group) is 1. The van der Waals surface area contributed by atoms with Crippen LogP contribution in [0.25, 0.3) is 0 Å². The van der Waals surface area contributed by atoms with Crippen molar-refractivity contribution in [2.24, 2.45) is 5.92 Å². The summed E-state index contributed by atoms with van der Waals surface area (Å²) in [4.78, 5) is 2.38. The van der Waals surface area contributed by atoms with Crippen molar-refractivity contribution in [2.45, 2.75) is 25.8 Å². The number of ether oxygens (including phenoxy) is 1. The first-order chi connectivity index (χ1) is 7.80. The number of nitrogens with zero attached hydrogens (tertiary/aromatic N) is 2. The van der Waals surface area contributed by atoms with E-state index >= 15 is 0 Å². The Balaban J connectivity index is 2.33. The fourth-order valence-electron chi connectivity index (χ4n) is 2.34. The van der Waals surface area contributed by atoms with Crippen molar-refractivity contribution in [3.63, 3.8) is 0 Å². The number of hydrogen-bond acceptors (Lipinski definition) is 4. The van der Waals surface area contributed by atoms with Crippen LogP contribution in [0.15, 0.2) is 0 Å². The molecule has 0 bridgehead atoms. The fraction of sp³-hybridized carbons (Fsp3) is 0.917. The summed E-state index contributed by atoms with van der Waals surface area (Å²) in [5.74, 6) is 0.639. The predicted molar refractivity (Wildman–Crippen MR) is 64.1 cm³/mol. The van der Waals surface area contributed by atoms with Crippen LogP contribution in [-0.4, -0.2) is 50.8 Å². The molecule has 4 nitrogen and oxygen atoms in total. The van der Waals surface area contributed by atoms with Crippen molar-refractivity contribution in [3.05, 3.63) is 0 Å². The lowest BCUT2D eigenvalue weighted by atomic mass is 9.98. The van der Waals surface area contributed by atoms with E-state index in [1.165, 1.54) is 12.8 Å². The zero-order chi connectivity index (χ0) is 11.8. The van der Waals surface area contributed by atoms with Crippen molar-refractivity contribution in [1.82, 2.24) is 10.2 Å². The van der Waals surface area contributed by atoms with E-state index < -0.39 is 0 Å². The maximum Gasteiger partial charge on any atom is 0.108 e. The summed E-state index contributed by atoms with van der Waals surface area (Å²) >= 11 is 0. The molecule has 0 spiro atoms. The summed E-state index contributed by atoms with van der Waals surface area (Å²) in [6, 6.07) is 2.28. The molecule has 1 fully saturated rings. The summed E-state index contributed by atoms with van der Waals surface area (Å²) in [5.41, 5.74) is 0. The summed E-state index contributed by atoms with van der Waals surface area (Å²) in [5, 5.41) is 12.2. The summed E-state index contributed by atoms with van der Waals surface area (Å²) in [7, 11) is 1.76. The van der Waals surface area contributed by atoms with Crippen molar-refractivity contribution < 1.29 is 4.74 Å². The van der Waals surface area contributed by atoms with E-state index in [-0.39, 0.29) is 6.04 Å². The third-order valence-corrected chi connectivity index (χ3v) is 3.05. The smallest absolute Gasteiger partial charge is 0.108 e. The highest BCUT2D eigenvalue weighted by Crippen LogP contribution is 2.16. The van der Waals surface area contributed by atoms with Gasteiger partial charge in [-0.3, -0.25) is 0 Å². The highest BCUT2D eigenvalue weighted by molar-refractivity contribution is 4.92. The second-order valence-corrected chi connectivity index (χ2v) is 4.46. The van der Waals surface area contributed by atoms with E-state index in [1.54, 1.807) is 7.11 Å². The first-order valence-electron chi connectivity index (χ1n) is 6.14. The Labute approximate surface area is 98.6 Å². The summed E-state index contributed by atoms with van der Waals surface area (Å²) in [6.07, 6.45) is 2.47. The van der Waals surface area contributed by atoms with Gasteiger partial charge in [-0.2, -0.15) is 5.26 Å². The SMILES string of the molecule is CCNC(C#N)CN1CCCC(COC)C1. The van der Waals surface area contributed by atoms with E-state index in [2.05, 4.69) is 16.3 Å². The number of rotatable bonds is 6.